The minimum atomic E-state index is -0.451. The van der Waals surface area contributed by atoms with Gasteiger partial charge in [-0.1, -0.05) is 23.9 Å². The number of hydrogen-bond acceptors (Lipinski definition) is 5. The molecule has 0 bridgehead atoms. The standard InChI is InChI=1S/C19H17N3O3S/c1-25-18(24)14-6-3-7-15(11-14)21-17(23)13-5-4-8-16(12-13)22-10-9-20-19(22)26-2/h3-12H,1-2H3,(H,21,23). The lowest BCUT2D eigenvalue weighted by atomic mass is 10.1. The van der Waals surface area contributed by atoms with E-state index in [-0.39, 0.29) is 5.91 Å². The topological polar surface area (TPSA) is 73.2 Å². The first-order chi connectivity index (χ1) is 12.6. The molecule has 0 fully saturated rings. The van der Waals surface area contributed by atoms with Gasteiger partial charge in [-0.3, -0.25) is 9.36 Å². The van der Waals surface area contributed by atoms with Crippen LogP contribution < -0.4 is 5.32 Å². The van der Waals surface area contributed by atoms with Crippen molar-refractivity contribution in [1.82, 2.24) is 9.55 Å². The molecule has 0 spiro atoms. The van der Waals surface area contributed by atoms with Crippen molar-refractivity contribution in [2.24, 2.45) is 0 Å². The third-order valence-electron chi connectivity index (χ3n) is 3.72. The van der Waals surface area contributed by atoms with Gasteiger partial charge in [0, 0.05) is 29.3 Å². The number of nitrogens with zero attached hydrogens (tertiary/aromatic N) is 2. The number of thioether (sulfide) groups is 1. The van der Waals surface area contributed by atoms with Crippen LogP contribution in [0, 0.1) is 0 Å². The summed E-state index contributed by atoms with van der Waals surface area (Å²) in [6.45, 7) is 0. The van der Waals surface area contributed by atoms with E-state index in [9.17, 15) is 9.59 Å². The maximum absolute atomic E-state index is 12.6. The van der Waals surface area contributed by atoms with Crippen LogP contribution in [0.15, 0.2) is 66.1 Å². The normalized spacial score (nSPS) is 10.4. The van der Waals surface area contributed by atoms with Gasteiger partial charge < -0.3 is 10.1 Å². The van der Waals surface area contributed by atoms with Crippen molar-refractivity contribution >= 4 is 29.3 Å². The number of ether oxygens (including phenoxy) is 1. The fraction of sp³-hybridized carbons (Fsp3) is 0.105. The van der Waals surface area contributed by atoms with Gasteiger partial charge in [-0.15, -0.1) is 0 Å². The lowest BCUT2D eigenvalue weighted by Crippen LogP contribution is -2.13. The average molecular weight is 367 g/mol. The van der Waals surface area contributed by atoms with E-state index in [0.29, 0.717) is 16.8 Å². The van der Waals surface area contributed by atoms with E-state index >= 15 is 0 Å². The zero-order valence-corrected chi connectivity index (χ0v) is 15.1. The summed E-state index contributed by atoms with van der Waals surface area (Å²) < 4.78 is 6.61. The van der Waals surface area contributed by atoms with Crippen molar-refractivity contribution in [3.05, 3.63) is 72.1 Å². The van der Waals surface area contributed by atoms with Gasteiger partial charge in [0.2, 0.25) is 0 Å². The number of imidazole rings is 1. The summed E-state index contributed by atoms with van der Waals surface area (Å²) in [4.78, 5) is 28.5. The van der Waals surface area contributed by atoms with Crippen LogP contribution in [0.4, 0.5) is 5.69 Å². The van der Waals surface area contributed by atoms with Crippen molar-refractivity contribution in [3.8, 4) is 5.69 Å². The third kappa shape index (κ3) is 3.78. The first kappa shape index (κ1) is 17.8. The molecule has 0 atom stereocenters. The molecule has 6 nitrogen and oxygen atoms in total. The second-order valence-corrected chi connectivity index (χ2v) is 6.13. The van der Waals surface area contributed by atoms with E-state index in [1.807, 2.05) is 29.2 Å². The van der Waals surface area contributed by atoms with Crippen molar-refractivity contribution < 1.29 is 14.3 Å². The Morgan fingerprint density at radius 3 is 2.65 bits per heavy atom. The molecule has 0 aliphatic carbocycles. The van der Waals surface area contributed by atoms with Crippen LogP contribution in [0.2, 0.25) is 0 Å². The Labute approximate surface area is 155 Å². The highest BCUT2D eigenvalue weighted by Gasteiger charge is 2.11. The summed E-state index contributed by atoms with van der Waals surface area (Å²) >= 11 is 1.53. The largest absolute Gasteiger partial charge is 0.465 e. The van der Waals surface area contributed by atoms with Crippen LogP contribution >= 0.6 is 11.8 Å². The second kappa shape index (κ2) is 7.88. The molecule has 2 aromatic carbocycles. The van der Waals surface area contributed by atoms with Gasteiger partial charge in [-0.25, -0.2) is 9.78 Å². The zero-order valence-electron chi connectivity index (χ0n) is 14.3. The SMILES string of the molecule is COC(=O)c1cccc(NC(=O)c2cccc(-n3ccnc3SC)c2)c1. The third-order valence-corrected chi connectivity index (χ3v) is 4.38. The Kier molecular flexibility index (Phi) is 5.38. The number of anilines is 1. The quantitative estimate of drug-likeness (QED) is 0.551. The monoisotopic (exact) mass is 367 g/mol. The van der Waals surface area contributed by atoms with Gasteiger partial charge in [-0.2, -0.15) is 0 Å². The molecule has 3 aromatic rings. The van der Waals surface area contributed by atoms with Gasteiger partial charge in [0.15, 0.2) is 5.16 Å². The molecular weight excluding hydrogens is 350 g/mol. The predicted molar refractivity (Wildman–Crippen MR) is 101 cm³/mol. The minimum absolute atomic E-state index is 0.264. The van der Waals surface area contributed by atoms with Crippen molar-refractivity contribution in [3.63, 3.8) is 0 Å². The molecule has 7 heteroatoms. The van der Waals surface area contributed by atoms with E-state index in [0.717, 1.165) is 10.8 Å². The van der Waals surface area contributed by atoms with E-state index in [4.69, 9.17) is 4.74 Å². The number of benzene rings is 2. The zero-order chi connectivity index (χ0) is 18.5. The van der Waals surface area contributed by atoms with Crippen molar-refractivity contribution in [2.45, 2.75) is 5.16 Å². The Morgan fingerprint density at radius 2 is 1.88 bits per heavy atom. The van der Waals surface area contributed by atoms with Gasteiger partial charge in [-0.05, 0) is 42.7 Å². The molecule has 0 saturated heterocycles. The number of carbonyl (C=O) groups is 2. The lowest BCUT2D eigenvalue weighted by Gasteiger charge is -2.10. The number of nitrogens with one attached hydrogen (secondary N) is 1. The first-order valence-corrected chi connectivity index (χ1v) is 9.02. The van der Waals surface area contributed by atoms with Crippen LogP contribution in [0.3, 0.4) is 0 Å². The van der Waals surface area contributed by atoms with Crippen LogP contribution in [-0.4, -0.2) is 34.8 Å². The summed E-state index contributed by atoms with van der Waals surface area (Å²) in [5, 5.41) is 3.64. The molecule has 1 heterocycles. The predicted octanol–water partition coefficient (Wildman–Crippen LogP) is 3.63. The number of esters is 1. The molecule has 26 heavy (non-hydrogen) atoms. The van der Waals surface area contributed by atoms with E-state index in [2.05, 4.69) is 10.3 Å². The molecule has 3 rings (SSSR count). The fourth-order valence-corrected chi connectivity index (χ4v) is 3.01. The summed E-state index contributed by atoms with van der Waals surface area (Å²) in [5.41, 5.74) is 2.26. The second-order valence-electron chi connectivity index (χ2n) is 5.36. The number of amides is 1. The maximum Gasteiger partial charge on any atom is 0.337 e. The summed E-state index contributed by atoms with van der Waals surface area (Å²) in [7, 11) is 1.32. The molecule has 1 aromatic heterocycles. The molecule has 132 valence electrons. The number of methoxy groups -OCH3 is 1. The van der Waals surface area contributed by atoms with Gasteiger partial charge in [0.1, 0.15) is 0 Å². The van der Waals surface area contributed by atoms with Gasteiger partial charge >= 0.3 is 5.97 Å². The Morgan fingerprint density at radius 1 is 1.12 bits per heavy atom. The summed E-state index contributed by atoms with van der Waals surface area (Å²) in [6.07, 6.45) is 5.52. The van der Waals surface area contributed by atoms with Crippen LogP contribution in [0.1, 0.15) is 20.7 Å². The Balaban J connectivity index is 1.83. The summed E-state index contributed by atoms with van der Waals surface area (Å²) in [6, 6.07) is 13.9. The van der Waals surface area contributed by atoms with Crippen LogP contribution in [0.25, 0.3) is 5.69 Å². The number of hydrogen-bond donors (Lipinski definition) is 1. The highest BCUT2D eigenvalue weighted by molar-refractivity contribution is 7.98. The lowest BCUT2D eigenvalue weighted by molar-refractivity contribution is 0.0600. The molecular formula is C19H17N3O3S. The molecule has 0 aliphatic heterocycles. The van der Waals surface area contributed by atoms with Gasteiger partial charge in [0.05, 0.1) is 12.7 Å². The molecule has 0 aliphatic rings. The van der Waals surface area contributed by atoms with E-state index in [1.54, 1.807) is 42.6 Å². The molecule has 0 saturated carbocycles. The minimum Gasteiger partial charge on any atom is -0.465 e. The van der Waals surface area contributed by atoms with Crippen LogP contribution in [-0.2, 0) is 4.74 Å². The highest BCUT2D eigenvalue weighted by atomic mass is 32.2. The number of rotatable bonds is 5. The average Bonchev–Trinajstić information content (AvgIpc) is 3.16. The first-order valence-electron chi connectivity index (χ1n) is 7.80. The highest BCUT2D eigenvalue weighted by Crippen LogP contribution is 2.20. The van der Waals surface area contributed by atoms with Crippen molar-refractivity contribution in [2.75, 3.05) is 18.7 Å². The maximum atomic E-state index is 12.6. The molecule has 0 radical (unpaired) electrons. The number of carbonyl (C=O) groups excluding carboxylic acids is 2. The molecule has 1 N–H and O–H groups in total. The number of aromatic nitrogens is 2. The van der Waals surface area contributed by atoms with Crippen LogP contribution in [0.5, 0.6) is 0 Å². The van der Waals surface area contributed by atoms with Gasteiger partial charge in [0.25, 0.3) is 5.91 Å². The van der Waals surface area contributed by atoms with E-state index in [1.165, 1.54) is 18.9 Å². The Bertz CT molecular complexity index is 952. The Hall–Kier alpha value is -3.06. The summed E-state index contributed by atoms with van der Waals surface area (Å²) in [5.74, 6) is -0.715. The van der Waals surface area contributed by atoms with E-state index < -0.39 is 5.97 Å². The molecule has 0 unspecified atom stereocenters. The molecule has 1 amide bonds. The smallest absolute Gasteiger partial charge is 0.337 e. The fourth-order valence-electron chi connectivity index (χ4n) is 2.48. The van der Waals surface area contributed by atoms with Crippen molar-refractivity contribution in [1.29, 1.82) is 0 Å².